The molecule has 0 fully saturated rings. The molecule has 0 radical (unpaired) electrons. The molecule has 0 aliphatic carbocycles. The molecule has 5 N–H and O–H groups in total. The monoisotopic (exact) mass is 466 g/mol. The van der Waals surface area contributed by atoms with Crippen molar-refractivity contribution in [3.63, 3.8) is 0 Å². The number of nitrogens with zero attached hydrogens (tertiary/aromatic N) is 1. The summed E-state index contributed by atoms with van der Waals surface area (Å²) < 4.78 is 18.9. The van der Waals surface area contributed by atoms with E-state index in [1.54, 1.807) is 0 Å². The van der Waals surface area contributed by atoms with Crippen molar-refractivity contribution in [1.29, 1.82) is 0 Å². The van der Waals surface area contributed by atoms with Gasteiger partial charge in [0.1, 0.15) is 0 Å². The summed E-state index contributed by atoms with van der Waals surface area (Å²) in [7, 11) is 1.27. The van der Waals surface area contributed by atoms with Crippen LogP contribution in [0.4, 0.5) is 4.39 Å². The van der Waals surface area contributed by atoms with Crippen molar-refractivity contribution in [2.45, 2.75) is 12.5 Å². The van der Waals surface area contributed by atoms with Gasteiger partial charge in [0, 0.05) is 0 Å². The number of rotatable bonds is 5. The maximum absolute atomic E-state index is 13.8. The summed E-state index contributed by atoms with van der Waals surface area (Å²) in [5.41, 5.74) is 10.2. The molecule has 104 valence electrons. The zero-order valence-corrected chi connectivity index (χ0v) is 12.8. The molecular formula is C10H11AtFN3O4. The Bertz CT molecular complexity index is 538. The van der Waals surface area contributed by atoms with E-state index >= 15 is 0 Å². The fraction of sp³-hybridized carbons (Fsp3) is 0.300. The van der Waals surface area contributed by atoms with E-state index < -0.39 is 23.9 Å². The number of hydrogen-bond acceptors (Lipinski definition) is 5. The number of halogens is 1. The first-order valence-electron chi connectivity index (χ1n) is 4.99. The number of carboxylic acids is 1. The van der Waals surface area contributed by atoms with Crippen LogP contribution in [0.25, 0.3) is 0 Å². The minimum absolute atomic E-state index is 0.0596. The fourth-order valence-electron chi connectivity index (χ4n) is 1.43. The molecule has 0 saturated heterocycles. The van der Waals surface area contributed by atoms with E-state index in [9.17, 15) is 14.0 Å². The summed E-state index contributed by atoms with van der Waals surface area (Å²) in [5.74, 6) is -3.27. The number of nitrogens with two attached hydrogens (primary N) is 2. The zero-order valence-electron chi connectivity index (χ0n) is 9.81. The summed E-state index contributed by atoms with van der Waals surface area (Å²) in [6, 6.07) is -1.35. The van der Waals surface area contributed by atoms with Crippen LogP contribution in [-0.2, 0) is 11.2 Å². The van der Waals surface area contributed by atoms with Crippen molar-refractivity contribution in [3.8, 4) is 5.88 Å². The normalized spacial score (nSPS) is 12.0. The quantitative estimate of drug-likeness (QED) is 0.452. The van der Waals surface area contributed by atoms with Gasteiger partial charge in [-0.05, 0) is 0 Å². The van der Waals surface area contributed by atoms with Crippen molar-refractivity contribution >= 4 is 15.1 Å². The van der Waals surface area contributed by atoms with Crippen LogP contribution in [0.15, 0.2) is 0 Å². The average molecular weight is 466 g/mol. The second-order valence-corrected chi connectivity index (χ2v) is 5.06. The van der Waals surface area contributed by atoms with Crippen molar-refractivity contribution < 1.29 is 48.5 Å². The summed E-state index contributed by atoms with van der Waals surface area (Å²) in [6.45, 7) is 0. The van der Waals surface area contributed by atoms with E-state index in [1.807, 2.05) is 0 Å². The van der Waals surface area contributed by atoms with Gasteiger partial charge in [0.05, 0.1) is 0 Å². The maximum atomic E-state index is 13.8. The van der Waals surface area contributed by atoms with Crippen LogP contribution in [0, 0.1) is 30.7 Å². The van der Waals surface area contributed by atoms with Crippen LogP contribution < -0.4 is 19.5 Å². The molecule has 0 aliphatic heterocycles. The number of pyridine rings is 1. The van der Waals surface area contributed by atoms with E-state index in [0.29, 0.717) is 3.27 Å². The van der Waals surface area contributed by atoms with Crippen LogP contribution in [0.5, 0.6) is 5.88 Å². The minimum atomic E-state index is -1.35. The van der Waals surface area contributed by atoms with Gasteiger partial charge in [0.25, 0.3) is 0 Å². The third-order valence-corrected chi connectivity index (χ3v) is 3.70. The molecule has 1 unspecified atom stereocenters. The van der Waals surface area contributed by atoms with E-state index in [1.165, 1.54) is 7.11 Å². The van der Waals surface area contributed by atoms with Gasteiger partial charge >= 0.3 is 123 Å². The van der Waals surface area contributed by atoms with Gasteiger partial charge < -0.3 is 0 Å². The van der Waals surface area contributed by atoms with Gasteiger partial charge in [-0.3, -0.25) is 0 Å². The van der Waals surface area contributed by atoms with E-state index in [4.69, 9.17) is 21.3 Å². The number of aliphatic carboxylic acids is 1. The predicted molar refractivity (Wildman–Crippen MR) is 58.2 cm³/mol. The van der Waals surface area contributed by atoms with Gasteiger partial charge in [0.2, 0.25) is 0 Å². The first-order valence-corrected chi connectivity index (χ1v) is 6.46. The van der Waals surface area contributed by atoms with E-state index in [0.717, 1.165) is 24.7 Å². The Balaban J connectivity index is 3.41. The Labute approximate surface area is 123 Å². The summed E-state index contributed by atoms with van der Waals surface area (Å²) in [4.78, 5) is 25.6. The molecule has 9 heteroatoms. The molecule has 7 nitrogen and oxygen atoms in total. The molecule has 0 aliphatic rings. The first kappa shape index (κ1) is 15.7. The first-order chi connectivity index (χ1) is 8.79. The third-order valence-electron chi connectivity index (χ3n) is 2.34. The van der Waals surface area contributed by atoms with Crippen molar-refractivity contribution in [2.24, 2.45) is 11.5 Å². The standard InChI is InChI=1S/C10H11AtFN3O4/c1-19-9-6(11)5(8(14)16)3(7(12)15-9)2-4(13)10(17)18/h4H,2,13H2,1H3,(H2,14,16)(H,17,18). The van der Waals surface area contributed by atoms with Crippen LogP contribution in [-0.4, -0.2) is 35.1 Å². The number of carbonyl (C=O) groups is 2. The van der Waals surface area contributed by atoms with Gasteiger partial charge in [-0.25, -0.2) is 0 Å². The number of methoxy groups -OCH3 is 1. The Hall–Kier alpha value is -1.34. The second-order valence-electron chi connectivity index (χ2n) is 3.59. The molecule has 0 saturated carbocycles. The Kier molecular flexibility index (Phi) is 5.14. The second kappa shape index (κ2) is 6.21. The number of aromatic nitrogens is 1. The predicted octanol–water partition coefficient (Wildman–Crippen LogP) is -1.54. The molecular weight excluding hydrogens is 455 g/mol. The van der Waals surface area contributed by atoms with Crippen LogP contribution >= 0.6 is 0 Å². The fourth-order valence-corrected chi connectivity index (χ4v) is 2.70. The molecule has 1 aromatic heterocycles. The third kappa shape index (κ3) is 3.36. The number of ether oxygens (including phenoxy) is 1. The number of primary amides is 1. The molecule has 0 bridgehead atoms. The van der Waals surface area contributed by atoms with E-state index in [-0.39, 0.29) is 23.4 Å². The number of carboxylic acid groups (broad SMARTS) is 1. The van der Waals surface area contributed by atoms with Gasteiger partial charge in [-0.15, -0.1) is 0 Å². The summed E-state index contributed by atoms with van der Waals surface area (Å²) in [5, 5.41) is 8.73. The average Bonchev–Trinajstić information content (AvgIpc) is 2.32. The Morgan fingerprint density at radius 2 is 2.16 bits per heavy atom. The SMILES string of the molecule is COc1nc(F)c(CC(N)C(=O)O)c(C(N)=O)c1[At]. The van der Waals surface area contributed by atoms with Crippen LogP contribution in [0.2, 0.25) is 0 Å². The van der Waals surface area contributed by atoms with Crippen molar-refractivity contribution in [1.82, 2.24) is 4.98 Å². The summed E-state index contributed by atoms with van der Waals surface area (Å²) in [6.07, 6.45) is -0.383. The Morgan fingerprint density at radius 1 is 1.58 bits per heavy atom. The van der Waals surface area contributed by atoms with Gasteiger partial charge in [-0.1, -0.05) is 0 Å². The molecule has 1 aromatic rings. The summed E-state index contributed by atoms with van der Waals surface area (Å²) >= 11 is 1.02. The molecule has 1 atom stereocenters. The number of hydrogen-bond donors (Lipinski definition) is 3. The van der Waals surface area contributed by atoms with Gasteiger partial charge in [-0.2, -0.15) is 0 Å². The molecule has 1 amide bonds. The number of carbonyl (C=O) groups excluding carboxylic acids is 1. The molecule has 1 heterocycles. The van der Waals surface area contributed by atoms with Gasteiger partial charge in [0.15, 0.2) is 0 Å². The van der Waals surface area contributed by atoms with Crippen molar-refractivity contribution in [3.05, 3.63) is 17.1 Å². The van der Waals surface area contributed by atoms with E-state index in [2.05, 4.69) is 4.98 Å². The Morgan fingerprint density at radius 3 is 2.58 bits per heavy atom. The van der Waals surface area contributed by atoms with Crippen LogP contribution in [0.1, 0.15) is 15.9 Å². The molecule has 0 aromatic carbocycles. The zero-order chi connectivity index (χ0) is 14.7. The topological polar surface area (TPSA) is 129 Å². The molecule has 1 rings (SSSR count). The molecule has 0 spiro atoms. The molecule has 19 heavy (non-hydrogen) atoms. The number of amides is 1. The van der Waals surface area contributed by atoms with Crippen molar-refractivity contribution in [2.75, 3.05) is 7.11 Å². The van der Waals surface area contributed by atoms with Crippen LogP contribution in [0.3, 0.4) is 0 Å².